The van der Waals surface area contributed by atoms with E-state index < -0.39 is 34.4 Å². The van der Waals surface area contributed by atoms with Gasteiger partial charge in [-0.3, -0.25) is 14.4 Å². The van der Waals surface area contributed by atoms with Gasteiger partial charge in [-0.2, -0.15) is 0 Å². The lowest BCUT2D eigenvalue weighted by molar-refractivity contribution is -0.141. The van der Waals surface area contributed by atoms with Crippen molar-refractivity contribution in [3.63, 3.8) is 0 Å². The summed E-state index contributed by atoms with van der Waals surface area (Å²) in [5, 5.41) is 2.94. The lowest BCUT2D eigenvalue weighted by Gasteiger charge is -2.32. The zero-order valence-electron chi connectivity index (χ0n) is 22.2. The SMILES string of the molecule is CCCCNC(=O)[C@@H](Cc1ccccc1)N(Cc1cccc(C)c1)C(=O)CN1C(=O)c2ccccc2S1(=O)=O. The second-order valence-corrected chi connectivity index (χ2v) is 11.5. The number of amides is 3. The first-order valence-electron chi connectivity index (χ1n) is 13.0. The number of aryl methyl sites for hydroxylation is 1. The van der Waals surface area contributed by atoms with Crippen molar-refractivity contribution >= 4 is 27.7 Å². The van der Waals surface area contributed by atoms with E-state index in [4.69, 9.17) is 0 Å². The Labute approximate surface area is 229 Å². The summed E-state index contributed by atoms with van der Waals surface area (Å²) in [6.45, 7) is 3.79. The van der Waals surface area contributed by atoms with Gasteiger partial charge in [0.05, 0.1) is 5.56 Å². The first-order valence-corrected chi connectivity index (χ1v) is 14.5. The summed E-state index contributed by atoms with van der Waals surface area (Å²) in [6.07, 6.45) is 1.91. The van der Waals surface area contributed by atoms with E-state index >= 15 is 0 Å². The molecular formula is C30H33N3O5S. The van der Waals surface area contributed by atoms with E-state index in [0.717, 1.165) is 29.5 Å². The molecule has 0 unspecified atom stereocenters. The fourth-order valence-corrected chi connectivity index (χ4v) is 6.19. The summed E-state index contributed by atoms with van der Waals surface area (Å²) in [7, 11) is -4.19. The van der Waals surface area contributed by atoms with Crippen LogP contribution in [0.3, 0.4) is 0 Å². The average Bonchev–Trinajstić information content (AvgIpc) is 3.12. The number of hydrogen-bond donors (Lipinski definition) is 1. The highest BCUT2D eigenvalue weighted by atomic mass is 32.2. The normalized spacial score (nSPS) is 14.5. The molecule has 204 valence electrons. The van der Waals surface area contributed by atoms with E-state index in [-0.39, 0.29) is 29.3 Å². The van der Waals surface area contributed by atoms with Crippen LogP contribution in [-0.2, 0) is 32.6 Å². The molecule has 0 bridgehead atoms. The quantitative estimate of drug-likeness (QED) is 0.369. The number of rotatable bonds is 11. The third kappa shape index (κ3) is 6.37. The van der Waals surface area contributed by atoms with Gasteiger partial charge in [0.25, 0.3) is 15.9 Å². The van der Waals surface area contributed by atoms with Crippen LogP contribution in [0.25, 0.3) is 0 Å². The van der Waals surface area contributed by atoms with Crippen LogP contribution in [0.5, 0.6) is 0 Å². The molecule has 39 heavy (non-hydrogen) atoms. The molecule has 3 aromatic carbocycles. The Hall–Kier alpha value is -3.98. The van der Waals surface area contributed by atoms with Crippen molar-refractivity contribution in [3.05, 3.63) is 101 Å². The third-order valence-corrected chi connectivity index (χ3v) is 8.51. The molecule has 0 radical (unpaired) electrons. The lowest BCUT2D eigenvalue weighted by Crippen LogP contribution is -2.53. The molecular weight excluding hydrogens is 514 g/mol. The average molecular weight is 548 g/mol. The molecule has 1 aliphatic rings. The van der Waals surface area contributed by atoms with E-state index in [9.17, 15) is 22.8 Å². The summed E-state index contributed by atoms with van der Waals surface area (Å²) in [5.41, 5.74) is 2.67. The van der Waals surface area contributed by atoms with Crippen molar-refractivity contribution in [2.24, 2.45) is 0 Å². The number of nitrogens with zero attached hydrogens (tertiary/aromatic N) is 2. The van der Waals surface area contributed by atoms with Gasteiger partial charge in [-0.05, 0) is 36.6 Å². The van der Waals surface area contributed by atoms with Crippen LogP contribution in [-0.4, -0.2) is 54.5 Å². The molecule has 3 amide bonds. The van der Waals surface area contributed by atoms with Gasteiger partial charge in [-0.15, -0.1) is 0 Å². The Morgan fingerprint density at radius 1 is 0.949 bits per heavy atom. The summed E-state index contributed by atoms with van der Waals surface area (Å²) in [5.74, 6) is -1.71. The minimum atomic E-state index is -4.19. The fraction of sp³-hybridized carbons (Fsp3) is 0.300. The van der Waals surface area contributed by atoms with E-state index in [0.29, 0.717) is 10.8 Å². The second-order valence-electron chi connectivity index (χ2n) is 9.67. The molecule has 0 saturated carbocycles. The van der Waals surface area contributed by atoms with Gasteiger partial charge in [0.1, 0.15) is 17.5 Å². The molecule has 0 aromatic heterocycles. The number of hydrogen-bond acceptors (Lipinski definition) is 5. The van der Waals surface area contributed by atoms with Crippen LogP contribution < -0.4 is 5.32 Å². The van der Waals surface area contributed by atoms with Crippen LogP contribution in [0.2, 0.25) is 0 Å². The number of fused-ring (bicyclic) bond motifs is 1. The molecule has 1 atom stereocenters. The summed E-state index contributed by atoms with van der Waals surface area (Å²) in [4.78, 5) is 41.8. The Bertz CT molecular complexity index is 1460. The molecule has 1 heterocycles. The predicted octanol–water partition coefficient (Wildman–Crippen LogP) is 3.70. The molecule has 9 heteroatoms. The topological polar surface area (TPSA) is 104 Å². The minimum absolute atomic E-state index is 0.0358. The van der Waals surface area contributed by atoms with Gasteiger partial charge >= 0.3 is 0 Å². The Morgan fingerprint density at radius 2 is 1.64 bits per heavy atom. The van der Waals surface area contributed by atoms with Crippen molar-refractivity contribution in [2.45, 2.75) is 50.6 Å². The molecule has 1 aliphatic heterocycles. The van der Waals surface area contributed by atoms with E-state index in [1.165, 1.54) is 23.1 Å². The van der Waals surface area contributed by atoms with Crippen LogP contribution in [0, 0.1) is 6.92 Å². The van der Waals surface area contributed by atoms with Gasteiger partial charge in [-0.25, -0.2) is 12.7 Å². The van der Waals surface area contributed by atoms with Crippen molar-refractivity contribution < 1.29 is 22.8 Å². The van der Waals surface area contributed by atoms with Gasteiger partial charge < -0.3 is 10.2 Å². The van der Waals surface area contributed by atoms with Gasteiger partial charge in [0.15, 0.2) is 0 Å². The van der Waals surface area contributed by atoms with Gasteiger partial charge in [0, 0.05) is 19.5 Å². The lowest BCUT2D eigenvalue weighted by atomic mass is 10.0. The number of benzene rings is 3. The van der Waals surface area contributed by atoms with Crippen molar-refractivity contribution in [3.8, 4) is 0 Å². The predicted molar refractivity (Wildman–Crippen MR) is 148 cm³/mol. The Morgan fingerprint density at radius 3 is 2.33 bits per heavy atom. The second kappa shape index (κ2) is 12.3. The first kappa shape index (κ1) is 28.0. The molecule has 8 nitrogen and oxygen atoms in total. The molecule has 4 rings (SSSR count). The smallest absolute Gasteiger partial charge is 0.269 e. The number of carbonyl (C=O) groups excluding carboxylic acids is 3. The molecule has 0 aliphatic carbocycles. The highest BCUT2D eigenvalue weighted by Gasteiger charge is 2.43. The van der Waals surface area contributed by atoms with Gasteiger partial charge in [-0.1, -0.05) is 85.6 Å². The van der Waals surface area contributed by atoms with E-state index in [2.05, 4.69) is 5.32 Å². The Kier molecular flexibility index (Phi) is 8.81. The number of sulfonamides is 1. The maximum atomic E-state index is 13.9. The maximum absolute atomic E-state index is 13.9. The Balaban J connectivity index is 1.70. The van der Waals surface area contributed by atoms with Crippen molar-refractivity contribution in [1.82, 2.24) is 14.5 Å². The molecule has 0 spiro atoms. The number of nitrogens with one attached hydrogen (secondary N) is 1. The number of carbonyl (C=O) groups is 3. The number of unbranched alkanes of at least 4 members (excludes halogenated alkanes) is 1. The van der Waals surface area contributed by atoms with Gasteiger partial charge in [0.2, 0.25) is 11.8 Å². The molecule has 0 saturated heterocycles. The maximum Gasteiger partial charge on any atom is 0.269 e. The van der Waals surface area contributed by atoms with Crippen LogP contribution in [0.4, 0.5) is 0 Å². The standard InChI is InChI=1S/C30H33N3O5S/c1-3-4-17-31-29(35)26(19-23-12-6-5-7-13-23)32(20-24-14-10-11-22(2)18-24)28(34)21-33-30(36)25-15-8-9-16-27(25)39(33,37)38/h5-16,18,26H,3-4,17,19-21H2,1-2H3,(H,31,35)/t26-/m1/s1. The molecule has 1 N–H and O–H groups in total. The summed E-state index contributed by atoms with van der Waals surface area (Å²) >= 11 is 0. The minimum Gasteiger partial charge on any atom is -0.354 e. The summed E-state index contributed by atoms with van der Waals surface area (Å²) in [6, 6.07) is 21.9. The fourth-order valence-electron chi connectivity index (χ4n) is 4.67. The van der Waals surface area contributed by atoms with Crippen LogP contribution in [0.15, 0.2) is 83.8 Å². The highest BCUT2D eigenvalue weighted by Crippen LogP contribution is 2.30. The molecule has 0 fully saturated rings. The van der Waals surface area contributed by atoms with E-state index in [1.807, 2.05) is 68.4 Å². The summed E-state index contributed by atoms with van der Waals surface area (Å²) < 4.78 is 27.0. The van der Waals surface area contributed by atoms with E-state index in [1.54, 1.807) is 6.07 Å². The third-order valence-electron chi connectivity index (χ3n) is 6.73. The monoisotopic (exact) mass is 547 g/mol. The van der Waals surface area contributed by atoms with Crippen molar-refractivity contribution in [2.75, 3.05) is 13.1 Å². The van der Waals surface area contributed by atoms with Crippen LogP contribution >= 0.6 is 0 Å². The first-order chi connectivity index (χ1) is 18.7. The highest BCUT2D eigenvalue weighted by molar-refractivity contribution is 7.90. The molecule has 3 aromatic rings. The van der Waals surface area contributed by atoms with Crippen LogP contribution in [0.1, 0.15) is 46.8 Å². The largest absolute Gasteiger partial charge is 0.354 e. The zero-order chi connectivity index (χ0) is 28.0. The zero-order valence-corrected chi connectivity index (χ0v) is 23.0. The van der Waals surface area contributed by atoms with Crippen molar-refractivity contribution in [1.29, 1.82) is 0 Å².